The molecule has 2 heterocycles. The van der Waals surface area contributed by atoms with Crippen LogP contribution in [0.5, 0.6) is 5.75 Å². The van der Waals surface area contributed by atoms with Gasteiger partial charge in [0.2, 0.25) is 0 Å². The molecule has 0 aliphatic rings. The Morgan fingerprint density at radius 2 is 1.87 bits per heavy atom. The van der Waals surface area contributed by atoms with Crippen LogP contribution in [0.2, 0.25) is 0 Å². The van der Waals surface area contributed by atoms with Crippen LogP contribution in [-0.4, -0.2) is 27.3 Å². The maximum atomic E-state index is 13.1. The summed E-state index contributed by atoms with van der Waals surface area (Å²) in [7, 11) is 0. The highest BCUT2D eigenvalue weighted by Crippen LogP contribution is 2.24. The van der Waals surface area contributed by atoms with Crippen molar-refractivity contribution in [3.05, 3.63) is 90.9 Å². The Morgan fingerprint density at radius 1 is 1.07 bits per heavy atom. The number of carbonyl (C=O) groups excluding carboxylic acids is 1. The van der Waals surface area contributed by atoms with Crippen molar-refractivity contribution in [2.24, 2.45) is 0 Å². The summed E-state index contributed by atoms with van der Waals surface area (Å²) in [4.78, 5) is 17.2. The summed E-state index contributed by atoms with van der Waals surface area (Å²) in [6.45, 7) is 0.193. The largest absolute Gasteiger partial charge is 0.481 e. The average Bonchev–Trinajstić information content (AvgIpc) is 3.26. The molecule has 0 aliphatic heterocycles. The van der Waals surface area contributed by atoms with Gasteiger partial charge in [-0.1, -0.05) is 24.1 Å². The molecule has 0 fully saturated rings. The lowest BCUT2D eigenvalue weighted by Gasteiger charge is -2.07. The third kappa shape index (κ3) is 4.21. The first-order valence-electron chi connectivity index (χ1n) is 9.28. The van der Waals surface area contributed by atoms with Gasteiger partial charge in [-0.3, -0.25) is 9.78 Å². The molecular formula is C24H18N4O2. The van der Waals surface area contributed by atoms with Crippen LogP contribution in [0.4, 0.5) is 5.69 Å². The molecule has 6 heteroatoms. The van der Waals surface area contributed by atoms with E-state index in [1.165, 1.54) is 0 Å². The second-order valence-electron chi connectivity index (χ2n) is 6.38. The fraction of sp³-hybridized carbons (Fsp3) is 0.0417. The number of carbonyl (C=O) groups is 1. The van der Waals surface area contributed by atoms with Crippen LogP contribution in [-0.2, 0) is 0 Å². The van der Waals surface area contributed by atoms with E-state index in [1.54, 1.807) is 47.5 Å². The lowest BCUT2D eigenvalue weighted by atomic mass is 10.1. The van der Waals surface area contributed by atoms with Crippen molar-refractivity contribution >= 4 is 11.6 Å². The molecule has 146 valence electrons. The minimum Gasteiger partial charge on any atom is -0.481 e. The zero-order valence-corrected chi connectivity index (χ0v) is 16.0. The molecule has 2 aromatic carbocycles. The summed E-state index contributed by atoms with van der Waals surface area (Å²) in [5, 5.41) is 7.55. The third-order valence-corrected chi connectivity index (χ3v) is 4.35. The minimum atomic E-state index is -0.270. The van der Waals surface area contributed by atoms with Crippen molar-refractivity contribution in [2.75, 3.05) is 11.9 Å². The number of amides is 1. The molecule has 0 atom stereocenters. The van der Waals surface area contributed by atoms with Gasteiger partial charge in [0.15, 0.2) is 0 Å². The standard InChI is InChI=1S/C24H18N4O2/c1-2-15-30-21-12-10-19(11-13-21)26-24(29)22-17-28(20-8-4-3-5-9-20)27-23(22)18-7-6-14-25-16-18/h1,3-14,16-17H,15H2,(H,26,29). The van der Waals surface area contributed by atoms with Crippen LogP contribution < -0.4 is 10.1 Å². The first kappa shape index (κ1) is 19.0. The highest BCUT2D eigenvalue weighted by atomic mass is 16.5. The lowest BCUT2D eigenvalue weighted by Crippen LogP contribution is -2.12. The SMILES string of the molecule is C#CCOc1ccc(NC(=O)c2cn(-c3ccccc3)nc2-c2cccnc2)cc1. The summed E-state index contributed by atoms with van der Waals surface area (Å²) in [5.41, 5.74) is 3.25. The maximum Gasteiger partial charge on any atom is 0.259 e. The number of terminal acetylenes is 1. The Hall–Kier alpha value is -4.37. The van der Waals surface area contributed by atoms with Gasteiger partial charge in [0, 0.05) is 29.8 Å². The molecule has 6 nitrogen and oxygen atoms in total. The summed E-state index contributed by atoms with van der Waals surface area (Å²) in [6.07, 6.45) is 10.3. The van der Waals surface area contributed by atoms with Gasteiger partial charge in [-0.05, 0) is 48.5 Å². The number of nitrogens with one attached hydrogen (secondary N) is 1. The Kier molecular flexibility index (Phi) is 5.54. The molecule has 30 heavy (non-hydrogen) atoms. The quantitative estimate of drug-likeness (QED) is 0.498. The number of para-hydroxylation sites is 1. The molecule has 1 N–H and O–H groups in total. The van der Waals surface area contributed by atoms with E-state index in [0.29, 0.717) is 22.7 Å². The molecule has 1 amide bonds. The number of hydrogen-bond donors (Lipinski definition) is 1. The normalized spacial score (nSPS) is 10.2. The van der Waals surface area contributed by atoms with E-state index in [2.05, 4.69) is 21.3 Å². The Bertz CT molecular complexity index is 1180. The van der Waals surface area contributed by atoms with E-state index >= 15 is 0 Å². The van der Waals surface area contributed by atoms with Crippen molar-refractivity contribution in [3.63, 3.8) is 0 Å². The van der Waals surface area contributed by atoms with E-state index in [0.717, 1.165) is 11.3 Å². The van der Waals surface area contributed by atoms with Gasteiger partial charge in [-0.25, -0.2) is 4.68 Å². The van der Waals surface area contributed by atoms with Crippen LogP contribution in [0.25, 0.3) is 16.9 Å². The number of anilines is 1. The van der Waals surface area contributed by atoms with Crippen LogP contribution in [0.1, 0.15) is 10.4 Å². The van der Waals surface area contributed by atoms with Crippen molar-refractivity contribution < 1.29 is 9.53 Å². The van der Waals surface area contributed by atoms with E-state index in [1.807, 2.05) is 42.5 Å². The van der Waals surface area contributed by atoms with Gasteiger partial charge < -0.3 is 10.1 Å². The Morgan fingerprint density at radius 3 is 2.57 bits per heavy atom. The molecule has 4 rings (SSSR count). The topological polar surface area (TPSA) is 69.0 Å². The summed E-state index contributed by atoms with van der Waals surface area (Å²) in [6, 6.07) is 20.3. The first-order chi connectivity index (χ1) is 14.7. The molecule has 2 aromatic heterocycles. The van der Waals surface area contributed by atoms with Crippen LogP contribution >= 0.6 is 0 Å². The van der Waals surface area contributed by atoms with Gasteiger partial charge in [0.05, 0.1) is 11.3 Å². The second kappa shape index (κ2) is 8.76. The monoisotopic (exact) mass is 394 g/mol. The van der Waals surface area contributed by atoms with Crippen molar-refractivity contribution in [3.8, 4) is 35.0 Å². The van der Waals surface area contributed by atoms with Gasteiger partial charge in [0.25, 0.3) is 5.91 Å². The molecule has 0 aliphatic carbocycles. The molecule has 0 radical (unpaired) electrons. The number of ether oxygens (including phenoxy) is 1. The van der Waals surface area contributed by atoms with Gasteiger partial charge >= 0.3 is 0 Å². The fourth-order valence-corrected chi connectivity index (χ4v) is 2.93. The average molecular weight is 394 g/mol. The van der Waals surface area contributed by atoms with Crippen molar-refractivity contribution in [1.82, 2.24) is 14.8 Å². The van der Waals surface area contributed by atoms with Crippen molar-refractivity contribution in [2.45, 2.75) is 0 Å². The number of rotatable bonds is 6. The third-order valence-electron chi connectivity index (χ3n) is 4.35. The molecule has 4 aromatic rings. The lowest BCUT2D eigenvalue weighted by molar-refractivity contribution is 0.102. The van der Waals surface area contributed by atoms with E-state index in [9.17, 15) is 4.79 Å². The van der Waals surface area contributed by atoms with E-state index in [4.69, 9.17) is 11.2 Å². The number of benzene rings is 2. The van der Waals surface area contributed by atoms with Crippen LogP contribution in [0, 0.1) is 12.3 Å². The number of hydrogen-bond acceptors (Lipinski definition) is 4. The number of nitrogens with zero attached hydrogens (tertiary/aromatic N) is 3. The summed E-state index contributed by atoms with van der Waals surface area (Å²) >= 11 is 0. The highest BCUT2D eigenvalue weighted by Gasteiger charge is 2.19. The zero-order chi connectivity index (χ0) is 20.8. The smallest absolute Gasteiger partial charge is 0.259 e. The van der Waals surface area contributed by atoms with E-state index in [-0.39, 0.29) is 12.5 Å². The fourth-order valence-electron chi connectivity index (χ4n) is 2.93. The molecule has 0 spiro atoms. The Balaban J connectivity index is 1.64. The molecule has 0 bridgehead atoms. The summed E-state index contributed by atoms with van der Waals surface area (Å²) in [5.74, 6) is 2.78. The van der Waals surface area contributed by atoms with Crippen LogP contribution in [0.15, 0.2) is 85.3 Å². The predicted molar refractivity (Wildman–Crippen MR) is 116 cm³/mol. The van der Waals surface area contributed by atoms with Crippen molar-refractivity contribution in [1.29, 1.82) is 0 Å². The number of aromatic nitrogens is 3. The molecule has 0 saturated carbocycles. The molecule has 0 saturated heterocycles. The van der Waals surface area contributed by atoms with E-state index < -0.39 is 0 Å². The summed E-state index contributed by atoms with van der Waals surface area (Å²) < 4.78 is 7.05. The van der Waals surface area contributed by atoms with Gasteiger partial charge in [0.1, 0.15) is 18.1 Å². The molecular weight excluding hydrogens is 376 g/mol. The first-order valence-corrected chi connectivity index (χ1v) is 9.28. The minimum absolute atomic E-state index is 0.193. The second-order valence-corrected chi connectivity index (χ2v) is 6.38. The maximum absolute atomic E-state index is 13.1. The van der Waals surface area contributed by atoms with Gasteiger partial charge in [-0.15, -0.1) is 6.42 Å². The Labute approximate surface area is 174 Å². The highest BCUT2D eigenvalue weighted by molar-refractivity contribution is 6.08. The zero-order valence-electron chi connectivity index (χ0n) is 16.0. The molecule has 0 unspecified atom stereocenters. The number of pyridine rings is 1. The van der Waals surface area contributed by atoms with Gasteiger partial charge in [-0.2, -0.15) is 5.10 Å². The van der Waals surface area contributed by atoms with Crippen LogP contribution in [0.3, 0.4) is 0 Å². The predicted octanol–water partition coefficient (Wildman–Crippen LogP) is 4.20.